The van der Waals surface area contributed by atoms with Crippen LogP contribution >= 0.6 is 0 Å². The molecule has 0 N–H and O–H groups in total. The molecule has 0 unspecified atom stereocenters. The maximum Gasteiger partial charge on any atom is 0.164 e. The molecule has 1 spiro atoms. The largest absolute Gasteiger partial charge is 0.208 e. The Bertz CT molecular complexity index is 2790. The van der Waals surface area contributed by atoms with Gasteiger partial charge < -0.3 is 0 Å². The van der Waals surface area contributed by atoms with Gasteiger partial charge in [-0.15, -0.1) is 0 Å². The Morgan fingerprint density at radius 2 is 1.05 bits per heavy atom. The van der Waals surface area contributed by atoms with E-state index in [-0.39, 0.29) is 5.41 Å². The van der Waals surface area contributed by atoms with Gasteiger partial charge in [-0.1, -0.05) is 122 Å². The molecule has 0 radical (unpaired) electrons. The molecule has 286 valence electrons. The lowest BCUT2D eigenvalue weighted by Crippen LogP contribution is -2.48. The summed E-state index contributed by atoms with van der Waals surface area (Å²) >= 11 is 0. The molecule has 1 heterocycles. The first kappa shape index (κ1) is 34.8. The zero-order chi connectivity index (χ0) is 39.1. The van der Waals surface area contributed by atoms with E-state index in [9.17, 15) is 5.26 Å². The number of rotatable bonds is 6. The summed E-state index contributed by atoms with van der Waals surface area (Å²) in [4.78, 5) is 16.1. The van der Waals surface area contributed by atoms with Crippen LogP contribution in [0.15, 0.2) is 140 Å². The van der Waals surface area contributed by atoms with Gasteiger partial charge in [0.05, 0.1) is 11.6 Å². The molecule has 5 saturated carbocycles. The van der Waals surface area contributed by atoms with Gasteiger partial charge in [-0.05, 0) is 155 Å². The van der Waals surface area contributed by atoms with Crippen molar-refractivity contribution in [1.82, 2.24) is 15.0 Å². The van der Waals surface area contributed by atoms with Crippen LogP contribution in [0.4, 0.5) is 0 Å². The van der Waals surface area contributed by atoms with Crippen molar-refractivity contribution in [1.29, 1.82) is 5.26 Å². The molecule has 0 saturated heterocycles. The highest BCUT2D eigenvalue weighted by molar-refractivity contribution is 5.87. The summed E-state index contributed by atoms with van der Waals surface area (Å²) in [7, 11) is 0. The molecule has 6 aromatic carbocycles. The van der Waals surface area contributed by atoms with Crippen molar-refractivity contribution in [2.75, 3.05) is 0 Å². The van der Waals surface area contributed by atoms with Crippen molar-refractivity contribution >= 4 is 0 Å². The van der Waals surface area contributed by atoms with E-state index in [1.54, 1.807) is 0 Å². The topological polar surface area (TPSA) is 62.5 Å². The number of benzene rings is 6. The van der Waals surface area contributed by atoms with Crippen molar-refractivity contribution in [3.8, 4) is 73.6 Å². The number of hydrogen-bond donors (Lipinski definition) is 0. The van der Waals surface area contributed by atoms with E-state index in [4.69, 9.17) is 15.0 Å². The van der Waals surface area contributed by atoms with Gasteiger partial charge in [-0.2, -0.15) is 5.26 Å². The van der Waals surface area contributed by atoms with Gasteiger partial charge in [0, 0.05) is 22.1 Å². The molecule has 6 aliphatic rings. The molecule has 7 aromatic rings. The van der Waals surface area contributed by atoms with Crippen molar-refractivity contribution in [3.63, 3.8) is 0 Å². The lowest BCUT2D eigenvalue weighted by Gasteiger charge is -2.57. The van der Waals surface area contributed by atoms with Crippen LogP contribution in [0.3, 0.4) is 0 Å². The molecule has 1 aromatic heterocycles. The molecule has 0 aliphatic heterocycles. The number of nitriles is 1. The number of hydrogen-bond acceptors (Lipinski definition) is 4. The Hall–Kier alpha value is -6.18. The quantitative estimate of drug-likeness (QED) is 0.169. The van der Waals surface area contributed by atoms with Crippen LogP contribution in [0.25, 0.3) is 67.5 Å². The average molecular weight is 763 g/mol. The molecule has 4 heteroatoms. The predicted octanol–water partition coefficient (Wildman–Crippen LogP) is 13.4. The Morgan fingerprint density at radius 1 is 0.458 bits per heavy atom. The monoisotopic (exact) mass is 762 g/mol. The third kappa shape index (κ3) is 5.65. The van der Waals surface area contributed by atoms with Gasteiger partial charge in [0.2, 0.25) is 0 Å². The first-order chi connectivity index (χ1) is 29.0. The predicted molar refractivity (Wildman–Crippen MR) is 236 cm³/mol. The molecule has 4 bridgehead atoms. The first-order valence-electron chi connectivity index (χ1n) is 21.9. The summed E-state index contributed by atoms with van der Waals surface area (Å²) in [5, 5.41) is 9.69. The van der Waals surface area contributed by atoms with Crippen LogP contribution < -0.4 is 0 Å². The zero-order valence-electron chi connectivity index (χ0n) is 33.4. The Balaban J connectivity index is 1.02. The summed E-state index contributed by atoms with van der Waals surface area (Å²) in [6, 6.07) is 52.6. The summed E-state index contributed by atoms with van der Waals surface area (Å²) in [6.07, 6.45) is 13.2. The summed E-state index contributed by atoms with van der Waals surface area (Å²) in [5.74, 6) is 4.76. The molecule has 5 fully saturated rings. The van der Waals surface area contributed by atoms with Crippen LogP contribution in [0.5, 0.6) is 0 Å². The van der Waals surface area contributed by atoms with Crippen LogP contribution in [0.2, 0.25) is 0 Å². The zero-order valence-corrected chi connectivity index (χ0v) is 33.4. The fraction of sp³-hybridized carbons (Fsp3) is 0.273. The van der Waals surface area contributed by atoms with Crippen molar-refractivity contribution in [2.24, 2.45) is 17.8 Å². The van der Waals surface area contributed by atoms with Gasteiger partial charge in [0.15, 0.2) is 17.5 Å². The third-order valence-corrected chi connectivity index (χ3v) is 15.1. The highest BCUT2D eigenvalue weighted by atomic mass is 15.0. The van der Waals surface area contributed by atoms with Crippen LogP contribution in [0, 0.1) is 29.1 Å². The Kier molecular flexibility index (Phi) is 7.93. The standard InChI is InChI=1S/C55H46N4/c56-34-35-9-8-12-41(28-35)42-17-22-47(48(29-42)39-10-2-1-3-11-39)53-58-51(40-15-19-44(20-16-40)54-31-36-25-37(32-54)27-38(26-36)33-54)57-52(59-53)43-18-21-46-45-13-4-5-14-49(45)55(50(46)30-43)23-6-7-24-55/h1-5,8-22,28-30,36-38H,6-7,23-27,31-33H2/t36-,37+,38-,54?. The average Bonchev–Trinajstić information content (AvgIpc) is 3.89. The molecular formula is C55H46N4. The minimum atomic E-state index is 0.0485. The van der Waals surface area contributed by atoms with Crippen molar-refractivity contribution in [3.05, 3.63) is 162 Å². The van der Waals surface area contributed by atoms with Crippen LogP contribution in [0.1, 0.15) is 86.5 Å². The lowest BCUT2D eigenvalue weighted by atomic mass is 9.48. The van der Waals surface area contributed by atoms with Crippen molar-refractivity contribution < 1.29 is 0 Å². The van der Waals surface area contributed by atoms with Gasteiger partial charge >= 0.3 is 0 Å². The summed E-state index contributed by atoms with van der Waals surface area (Å²) in [6.45, 7) is 0. The highest BCUT2D eigenvalue weighted by Crippen LogP contribution is 2.61. The van der Waals surface area contributed by atoms with E-state index in [1.807, 2.05) is 18.2 Å². The second-order valence-corrected chi connectivity index (χ2v) is 18.5. The smallest absolute Gasteiger partial charge is 0.164 e. The second kappa shape index (κ2) is 13.4. The van der Waals surface area contributed by atoms with Gasteiger partial charge in [0.1, 0.15) is 0 Å². The fourth-order valence-electron chi connectivity index (χ4n) is 12.8. The maximum atomic E-state index is 9.69. The molecule has 0 amide bonds. The second-order valence-electron chi connectivity index (χ2n) is 18.5. The van der Waals surface area contributed by atoms with Crippen LogP contribution in [-0.2, 0) is 10.8 Å². The number of aromatic nitrogens is 3. The van der Waals surface area contributed by atoms with Gasteiger partial charge in [-0.3, -0.25) is 0 Å². The molecule has 59 heavy (non-hydrogen) atoms. The summed E-state index contributed by atoms with van der Waals surface area (Å²) in [5.41, 5.74) is 15.3. The molecule has 13 rings (SSSR count). The summed E-state index contributed by atoms with van der Waals surface area (Å²) < 4.78 is 0. The van der Waals surface area contributed by atoms with E-state index in [2.05, 4.69) is 127 Å². The third-order valence-electron chi connectivity index (χ3n) is 15.1. The minimum Gasteiger partial charge on any atom is -0.208 e. The maximum absolute atomic E-state index is 9.69. The highest BCUT2D eigenvalue weighted by Gasteiger charge is 2.51. The molecule has 0 atom stereocenters. The minimum absolute atomic E-state index is 0.0485. The van der Waals surface area contributed by atoms with E-state index in [0.717, 1.165) is 56.7 Å². The number of fused-ring (bicyclic) bond motifs is 5. The van der Waals surface area contributed by atoms with Gasteiger partial charge in [-0.25, -0.2) is 15.0 Å². The van der Waals surface area contributed by atoms with Gasteiger partial charge in [0.25, 0.3) is 0 Å². The van der Waals surface area contributed by atoms with E-state index < -0.39 is 0 Å². The fourth-order valence-corrected chi connectivity index (χ4v) is 12.8. The Morgan fingerprint density at radius 3 is 1.80 bits per heavy atom. The van der Waals surface area contributed by atoms with Crippen molar-refractivity contribution in [2.45, 2.75) is 75.0 Å². The molecule has 6 aliphatic carbocycles. The SMILES string of the molecule is N#Cc1cccc(-c2ccc(-c3nc(-c4ccc(C56C[C@H]7C[C@@H](C5)C[C@@H](C6)C7)cc4)nc(-c4ccc5c(c4)C4(CCCC4)c4ccccc4-5)n3)c(-c3ccccc3)c2)c1. The molecule has 4 nitrogen and oxygen atoms in total. The Labute approximate surface area is 347 Å². The van der Waals surface area contributed by atoms with E-state index >= 15 is 0 Å². The first-order valence-corrected chi connectivity index (χ1v) is 21.9. The number of nitrogens with zero attached hydrogens (tertiary/aromatic N) is 4. The lowest BCUT2D eigenvalue weighted by molar-refractivity contribution is -0.00518. The molecular weight excluding hydrogens is 717 g/mol. The van der Waals surface area contributed by atoms with Crippen LogP contribution in [-0.4, -0.2) is 15.0 Å². The normalized spacial score (nSPS) is 22.9. The van der Waals surface area contributed by atoms with E-state index in [1.165, 1.54) is 92.0 Å². The van der Waals surface area contributed by atoms with E-state index in [0.29, 0.717) is 28.5 Å².